The van der Waals surface area contributed by atoms with Gasteiger partial charge in [-0.1, -0.05) is 19.0 Å². The van der Waals surface area contributed by atoms with Crippen LogP contribution in [-0.2, 0) is 10.5 Å². The van der Waals surface area contributed by atoms with Crippen LogP contribution in [0.4, 0.5) is 0 Å². The van der Waals surface area contributed by atoms with Gasteiger partial charge in [-0.2, -0.15) is 0 Å². The molecule has 6 heteroatoms. The molecule has 1 N–H and O–H groups in total. The Hall–Kier alpha value is -1.01. The fourth-order valence-corrected chi connectivity index (χ4v) is 4.52. The zero-order valence-electron chi connectivity index (χ0n) is 15.4. The molecule has 1 aliphatic rings. The number of aromatic nitrogens is 1. The molecule has 2 rings (SSSR count). The molecule has 2 unspecified atom stereocenters. The number of piperidine rings is 1. The molecule has 0 bridgehead atoms. The Bertz CT molecular complexity index is 503. The quantitative estimate of drug-likeness (QED) is 0.728. The summed E-state index contributed by atoms with van der Waals surface area (Å²) in [6.07, 6.45) is 2.37. The first-order chi connectivity index (χ1) is 11.5. The van der Waals surface area contributed by atoms with E-state index in [0.29, 0.717) is 5.75 Å². The molecular weight excluding hydrogens is 322 g/mol. The molecule has 2 atom stereocenters. The van der Waals surface area contributed by atoms with Crippen LogP contribution >= 0.6 is 11.8 Å². The van der Waals surface area contributed by atoms with Gasteiger partial charge in [0.1, 0.15) is 5.76 Å². The number of amides is 1. The number of carbonyl (C=O) groups is 1. The lowest BCUT2D eigenvalue weighted by Crippen LogP contribution is -2.40. The Morgan fingerprint density at radius 2 is 2.04 bits per heavy atom. The van der Waals surface area contributed by atoms with Gasteiger partial charge >= 0.3 is 0 Å². The summed E-state index contributed by atoms with van der Waals surface area (Å²) in [5.41, 5.74) is 2.03. The third kappa shape index (κ3) is 6.13. The molecule has 0 spiro atoms. The van der Waals surface area contributed by atoms with Gasteiger partial charge in [0, 0.05) is 31.0 Å². The maximum absolute atomic E-state index is 11.9. The predicted octanol–water partition coefficient (Wildman–Crippen LogP) is 3.01. The number of hydrogen-bond acceptors (Lipinski definition) is 5. The van der Waals surface area contributed by atoms with Crippen molar-refractivity contribution in [1.29, 1.82) is 0 Å². The molecule has 1 aliphatic heterocycles. The van der Waals surface area contributed by atoms with E-state index in [2.05, 4.69) is 29.2 Å². The Labute approximate surface area is 149 Å². The zero-order valence-corrected chi connectivity index (χ0v) is 16.2. The summed E-state index contributed by atoms with van der Waals surface area (Å²) in [5.74, 6) is 3.82. The molecule has 1 aromatic heterocycles. The van der Waals surface area contributed by atoms with Gasteiger partial charge in [0.15, 0.2) is 0 Å². The topological polar surface area (TPSA) is 58.4 Å². The van der Waals surface area contributed by atoms with Crippen LogP contribution in [0.5, 0.6) is 0 Å². The van der Waals surface area contributed by atoms with Crippen molar-refractivity contribution in [3.8, 4) is 0 Å². The average molecular weight is 354 g/mol. The van der Waals surface area contributed by atoms with Crippen molar-refractivity contribution in [1.82, 2.24) is 15.4 Å². The van der Waals surface area contributed by atoms with Crippen LogP contribution in [0.2, 0.25) is 0 Å². The summed E-state index contributed by atoms with van der Waals surface area (Å²) in [7, 11) is 0. The maximum atomic E-state index is 11.9. The molecule has 1 saturated heterocycles. The van der Waals surface area contributed by atoms with Crippen LogP contribution < -0.4 is 5.32 Å². The number of likely N-dealkylation sites (tertiary alicyclic amines) is 1. The van der Waals surface area contributed by atoms with E-state index in [-0.39, 0.29) is 5.91 Å². The third-order valence-corrected chi connectivity index (χ3v) is 5.54. The average Bonchev–Trinajstić information content (AvgIpc) is 2.82. The van der Waals surface area contributed by atoms with Crippen molar-refractivity contribution in [3.63, 3.8) is 0 Å². The van der Waals surface area contributed by atoms with Crippen molar-refractivity contribution < 1.29 is 9.32 Å². The van der Waals surface area contributed by atoms with E-state index >= 15 is 0 Å². The number of nitrogens with zero attached hydrogens (tertiary/aromatic N) is 2. The third-order valence-electron chi connectivity index (χ3n) is 4.58. The molecule has 24 heavy (non-hydrogen) atoms. The molecule has 1 aromatic rings. The summed E-state index contributed by atoms with van der Waals surface area (Å²) in [6.45, 7) is 12.8. The second-order valence-electron chi connectivity index (χ2n) is 7.20. The fraction of sp³-hybridized carbons (Fsp3) is 0.778. The highest BCUT2D eigenvalue weighted by molar-refractivity contribution is 7.99. The second-order valence-corrected chi connectivity index (χ2v) is 8.19. The van der Waals surface area contributed by atoms with E-state index in [1.54, 1.807) is 11.8 Å². The summed E-state index contributed by atoms with van der Waals surface area (Å²) in [4.78, 5) is 14.5. The number of aryl methyl sites for hydroxylation is 2. The van der Waals surface area contributed by atoms with Crippen LogP contribution in [0.1, 0.15) is 43.7 Å². The van der Waals surface area contributed by atoms with Gasteiger partial charge in [0.05, 0.1) is 11.4 Å². The van der Waals surface area contributed by atoms with E-state index < -0.39 is 0 Å². The highest BCUT2D eigenvalue weighted by Gasteiger charge is 2.21. The van der Waals surface area contributed by atoms with E-state index in [4.69, 9.17) is 4.52 Å². The van der Waals surface area contributed by atoms with Crippen molar-refractivity contribution in [2.75, 3.05) is 31.9 Å². The summed E-state index contributed by atoms with van der Waals surface area (Å²) >= 11 is 1.61. The minimum absolute atomic E-state index is 0.118. The zero-order chi connectivity index (χ0) is 17.5. The van der Waals surface area contributed by atoms with Crippen molar-refractivity contribution in [2.24, 2.45) is 11.8 Å². The maximum Gasteiger partial charge on any atom is 0.230 e. The van der Waals surface area contributed by atoms with Gasteiger partial charge < -0.3 is 14.7 Å². The Balaban J connectivity index is 1.55. The Kier molecular flexibility index (Phi) is 7.62. The highest BCUT2D eigenvalue weighted by atomic mass is 32.2. The van der Waals surface area contributed by atoms with Crippen LogP contribution in [0.15, 0.2) is 4.52 Å². The predicted molar refractivity (Wildman–Crippen MR) is 99.2 cm³/mol. The number of hydrogen-bond donors (Lipinski definition) is 1. The van der Waals surface area contributed by atoms with Crippen molar-refractivity contribution in [3.05, 3.63) is 17.0 Å². The lowest BCUT2D eigenvalue weighted by Gasteiger charge is -2.34. The molecule has 2 heterocycles. The molecule has 0 saturated carbocycles. The molecule has 0 aliphatic carbocycles. The first-order valence-corrected chi connectivity index (χ1v) is 10.1. The fourth-order valence-electron chi connectivity index (χ4n) is 3.51. The van der Waals surface area contributed by atoms with Crippen LogP contribution in [0.25, 0.3) is 0 Å². The second kappa shape index (κ2) is 9.47. The molecule has 1 amide bonds. The highest BCUT2D eigenvalue weighted by Crippen LogP contribution is 2.21. The number of rotatable bonds is 8. The first kappa shape index (κ1) is 19.3. The van der Waals surface area contributed by atoms with Crippen LogP contribution in [0, 0.1) is 25.7 Å². The monoisotopic (exact) mass is 353 g/mol. The van der Waals surface area contributed by atoms with E-state index in [1.165, 1.54) is 19.5 Å². The number of nitrogens with one attached hydrogen (secondary N) is 1. The van der Waals surface area contributed by atoms with Gasteiger partial charge in [-0.3, -0.25) is 4.79 Å². The van der Waals surface area contributed by atoms with E-state index in [9.17, 15) is 4.79 Å². The summed E-state index contributed by atoms with van der Waals surface area (Å²) in [6, 6.07) is 0. The van der Waals surface area contributed by atoms with Crippen LogP contribution in [-0.4, -0.2) is 47.9 Å². The summed E-state index contributed by atoms with van der Waals surface area (Å²) in [5, 5.41) is 6.96. The first-order valence-electron chi connectivity index (χ1n) is 8.94. The minimum Gasteiger partial charge on any atom is -0.361 e. The van der Waals surface area contributed by atoms with Crippen molar-refractivity contribution >= 4 is 17.7 Å². The Morgan fingerprint density at radius 3 is 2.67 bits per heavy atom. The van der Waals surface area contributed by atoms with Gasteiger partial charge in [-0.05, 0) is 45.1 Å². The largest absolute Gasteiger partial charge is 0.361 e. The SMILES string of the molecule is Cc1noc(C)c1CSCC(=O)NCCCN1CC(C)CC(C)C1. The molecular formula is C18H31N3O2S. The van der Waals surface area contributed by atoms with Crippen molar-refractivity contribution in [2.45, 2.75) is 46.3 Å². The molecule has 0 radical (unpaired) electrons. The van der Waals surface area contributed by atoms with Gasteiger partial charge in [0.2, 0.25) is 5.91 Å². The minimum atomic E-state index is 0.118. The standard InChI is InChI=1S/C18H31N3O2S/c1-13-8-14(2)10-21(9-13)7-5-6-19-18(22)12-24-11-17-15(3)20-23-16(17)4/h13-14H,5-12H2,1-4H3,(H,19,22). The summed E-state index contributed by atoms with van der Waals surface area (Å²) < 4.78 is 5.14. The smallest absolute Gasteiger partial charge is 0.230 e. The Morgan fingerprint density at radius 1 is 1.33 bits per heavy atom. The molecule has 0 aromatic carbocycles. The molecule has 5 nitrogen and oxygen atoms in total. The van der Waals surface area contributed by atoms with Gasteiger partial charge in [-0.15, -0.1) is 11.8 Å². The number of thioether (sulfide) groups is 1. The van der Waals surface area contributed by atoms with E-state index in [0.717, 1.165) is 54.1 Å². The van der Waals surface area contributed by atoms with E-state index in [1.807, 2.05) is 13.8 Å². The lowest BCUT2D eigenvalue weighted by atomic mass is 9.92. The number of carbonyl (C=O) groups excluding carboxylic acids is 1. The van der Waals surface area contributed by atoms with Gasteiger partial charge in [-0.25, -0.2) is 0 Å². The van der Waals surface area contributed by atoms with Crippen LogP contribution in [0.3, 0.4) is 0 Å². The molecule has 1 fully saturated rings. The van der Waals surface area contributed by atoms with Gasteiger partial charge in [0.25, 0.3) is 0 Å². The molecule has 136 valence electrons. The normalized spacial score (nSPS) is 21.8. The lowest BCUT2D eigenvalue weighted by molar-refractivity contribution is -0.118.